The molecule has 0 saturated carbocycles. The lowest BCUT2D eigenvalue weighted by molar-refractivity contribution is -0.186. The fourth-order valence-electron chi connectivity index (χ4n) is 8.91. The predicted octanol–water partition coefficient (Wildman–Crippen LogP) is 3.25. The van der Waals surface area contributed by atoms with Crippen molar-refractivity contribution in [3.8, 4) is 34.8 Å². The lowest BCUT2D eigenvalue weighted by Gasteiger charge is -2.66. The van der Waals surface area contributed by atoms with Gasteiger partial charge in [-0.25, -0.2) is 4.79 Å². The Labute approximate surface area is 263 Å². The number of hydrogen-bond donors (Lipinski definition) is 1. The van der Waals surface area contributed by atoms with Crippen molar-refractivity contribution in [2.75, 3.05) is 26.3 Å². The number of nitrogens with zero attached hydrogens (tertiary/aromatic N) is 3. The topological polar surface area (TPSA) is 148 Å². The van der Waals surface area contributed by atoms with Crippen LogP contribution >= 0.6 is 11.8 Å². The Morgan fingerprint density at radius 3 is 2.62 bits per heavy atom. The van der Waals surface area contributed by atoms with Crippen molar-refractivity contribution in [3.63, 3.8) is 0 Å². The highest BCUT2D eigenvalue weighted by atomic mass is 32.2. The number of carbonyl (C=O) groups is 3. The van der Waals surface area contributed by atoms with E-state index in [1.54, 1.807) is 6.92 Å². The van der Waals surface area contributed by atoms with E-state index < -0.39 is 52.7 Å². The monoisotopic (exact) mass is 633 g/mol. The number of piperazine rings is 1. The number of ketones is 1. The van der Waals surface area contributed by atoms with Crippen LogP contribution in [0.5, 0.6) is 28.7 Å². The SMILES string of the molecule is COc1c(C)cc2c(c1O)[C@@H]1[C@@H]3[C@@H]4SCC(=O)C(=O)OC[C@@H](c5c6c(c(C)c(OC(C)=O)c54)OCO6)N3[C@@H](C#N)C3CC2(C)N31. The molecule has 1 N–H and O–H groups in total. The Hall–Kier alpha value is -3.99. The van der Waals surface area contributed by atoms with Crippen LogP contribution < -0.4 is 18.9 Å². The third-order valence-electron chi connectivity index (χ3n) is 10.5. The van der Waals surface area contributed by atoms with Crippen molar-refractivity contribution in [1.29, 1.82) is 5.26 Å². The number of carbonyl (C=O) groups excluding carboxylic acids is 3. The Kier molecular flexibility index (Phi) is 6.02. The summed E-state index contributed by atoms with van der Waals surface area (Å²) in [4.78, 5) is 42.7. The number of methoxy groups -OCH3 is 1. The van der Waals surface area contributed by atoms with Gasteiger partial charge in [0.1, 0.15) is 18.4 Å². The lowest BCUT2D eigenvalue weighted by atomic mass is 9.70. The van der Waals surface area contributed by atoms with Gasteiger partial charge >= 0.3 is 11.9 Å². The predicted molar refractivity (Wildman–Crippen MR) is 157 cm³/mol. The molecular formula is C32H31N3O9S. The van der Waals surface area contributed by atoms with E-state index in [0.717, 1.165) is 11.1 Å². The van der Waals surface area contributed by atoms with Crippen LogP contribution in [0.4, 0.5) is 0 Å². The normalized spacial score (nSPS) is 32.4. The highest BCUT2D eigenvalue weighted by molar-refractivity contribution is 8.00. The Morgan fingerprint density at radius 2 is 1.91 bits per heavy atom. The first-order valence-electron chi connectivity index (χ1n) is 14.9. The Balaban J connectivity index is 1.46. The second kappa shape index (κ2) is 9.51. The van der Waals surface area contributed by atoms with Gasteiger partial charge in [0.05, 0.1) is 36.3 Å². The van der Waals surface area contributed by atoms with Crippen molar-refractivity contribution in [2.45, 2.75) is 75.1 Å². The van der Waals surface area contributed by atoms with E-state index in [2.05, 4.69) is 28.9 Å². The first-order chi connectivity index (χ1) is 21.5. The standard InChI is InChI=1S/C32H31N3O9S/c1-12-6-15-20(25(38)26(12)40-5)23-24-30-22-21(29-28(42-11-43-29)13(2)27(22)44-14(3)36)18(9-41-31(39)19(37)10-45-30)34(24)17(8-33)16-7-32(15,4)35(16)23/h6,16-18,23-24,30,38H,7,9-11H2,1-5H3/t16?,17-,18-,23+,24+,30+,32?/m0/s1. The minimum absolute atomic E-state index is 0.0463. The minimum atomic E-state index is -0.943. The first kappa shape index (κ1) is 28.5. The average molecular weight is 634 g/mol. The number of Topliss-reactive ketones (excluding diaryl/α,β-unsaturated/α-hetero) is 1. The number of thioether (sulfide) groups is 1. The number of ether oxygens (including phenoxy) is 5. The van der Waals surface area contributed by atoms with Crippen LogP contribution in [-0.2, 0) is 24.7 Å². The summed E-state index contributed by atoms with van der Waals surface area (Å²) < 4.78 is 29.2. The number of fused-ring (bicyclic) bond motifs is 8. The molecule has 3 fully saturated rings. The maximum Gasteiger partial charge on any atom is 0.375 e. The quantitative estimate of drug-likeness (QED) is 0.293. The van der Waals surface area contributed by atoms with Crippen LogP contribution in [0.15, 0.2) is 6.07 Å². The van der Waals surface area contributed by atoms with E-state index in [-0.39, 0.29) is 30.9 Å². The van der Waals surface area contributed by atoms with Crippen LogP contribution in [0.25, 0.3) is 0 Å². The number of nitriles is 1. The van der Waals surface area contributed by atoms with Gasteiger partial charge in [0, 0.05) is 46.8 Å². The molecule has 7 atom stereocenters. The molecule has 234 valence electrons. The highest BCUT2D eigenvalue weighted by Crippen LogP contribution is 2.70. The molecule has 0 radical (unpaired) electrons. The molecule has 2 unspecified atom stereocenters. The van der Waals surface area contributed by atoms with Crippen molar-refractivity contribution in [1.82, 2.24) is 9.80 Å². The van der Waals surface area contributed by atoms with E-state index in [9.17, 15) is 24.8 Å². The number of aryl methyl sites for hydroxylation is 1. The van der Waals surface area contributed by atoms with E-state index in [1.807, 2.05) is 6.92 Å². The maximum atomic E-state index is 13.0. The number of benzene rings is 2. The molecule has 2 bridgehead atoms. The van der Waals surface area contributed by atoms with Crippen LogP contribution in [0, 0.1) is 25.2 Å². The summed E-state index contributed by atoms with van der Waals surface area (Å²) in [7, 11) is 1.52. The molecule has 13 heteroatoms. The van der Waals surface area contributed by atoms with Crippen molar-refractivity contribution >= 4 is 29.5 Å². The molecular weight excluding hydrogens is 602 g/mol. The van der Waals surface area contributed by atoms with Gasteiger partial charge in [0.15, 0.2) is 23.0 Å². The summed E-state index contributed by atoms with van der Waals surface area (Å²) in [6, 6.07) is 2.09. The van der Waals surface area contributed by atoms with Crippen LogP contribution in [0.3, 0.4) is 0 Å². The van der Waals surface area contributed by atoms with Gasteiger partial charge in [0.25, 0.3) is 0 Å². The zero-order valence-corrected chi connectivity index (χ0v) is 26.1. The maximum absolute atomic E-state index is 13.0. The zero-order chi connectivity index (χ0) is 31.7. The van der Waals surface area contributed by atoms with Crippen molar-refractivity contribution < 1.29 is 43.2 Å². The largest absolute Gasteiger partial charge is 0.504 e. The van der Waals surface area contributed by atoms with Crippen LogP contribution in [-0.4, -0.2) is 77.0 Å². The number of hydrogen-bond acceptors (Lipinski definition) is 13. The number of esters is 2. The van der Waals surface area contributed by atoms with Gasteiger partial charge < -0.3 is 28.8 Å². The van der Waals surface area contributed by atoms with Crippen LogP contribution in [0.2, 0.25) is 0 Å². The third-order valence-corrected chi connectivity index (χ3v) is 11.8. The summed E-state index contributed by atoms with van der Waals surface area (Å²) in [5.41, 5.74) is 3.86. The molecule has 12 nitrogen and oxygen atoms in total. The van der Waals surface area contributed by atoms with E-state index in [4.69, 9.17) is 23.7 Å². The second-order valence-corrected chi connectivity index (χ2v) is 13.8. The molecule has 6 aliphatic heterocycles. The Morgan fingerprint density at radius 1 is 1.16 bits per heavy atom. The smallest absolute Gasteiger partial charge is 0.375 e. The van der Waals surface area contributed by atoms with E-state index in [0.29, 0.717) is 51.7 Å². The van der Waals surface area contributed by atoms with Crippen molar-refractivity contribution in [2.24, 2.45) is 0 Å². The molecule has 8 rings (SSSR count). The molecule has 6 aliphatic rings. The van der Waals surface area contributed by atoms with Gasteiger partial charge in [-0.3, -0.25) is 19.4 Å². The molecule has 45 heavy (non-hydrogen) atoms. The molecule has 0 amide bonds. The first-order valence-corrected chi connectivity index (χ1v) is 15.9. The summed E-state index contributed by atoms with van der Waals surface area (Å²) in [5.74, 6) is -0.767. The fourth-order valence-corrected chi connectivity index (χ4v) is 10.2. The summed E-state index contributed by atoms with van der Waals surface area (Å²) in [6.07, 6.45) is 0.670. The van der Waals surface area contributed by atoms with Crippen LogP contribution in [0.1, 0.15) is 71.0 Å². The third kappa shape index (κ3) is 3.47. The highest BCUT2D eigenvalue weighted by Gasteiger charge is 2.70. The van der Waals surface area contributed by atoms with Gasteiger partial charge in [-0.05, 0) is 44.4 Å². The number of cyclic esters (lactones) is 1. The number of phenolic OH excluding ortho intramolecular Hbond substituents is 1. The van der Waals surface area contributed by atoms with Gasteiger partial charge in [0.2, 0.25) is 12.6 Å². The van der Waals surface area contributed by atoms with Gasteiger partial charge in [-0.1, -0.05) is 0 Å². The molecule has 0 aliphatic carbocycles. The second-order valence-electron chi connectivity index (χ2n) is 12.7. The number of rotatable bonds is 2. The molecule has 2 aromatic carbocycles. The molecule has 0 spiro atoms. The zero-order valence-electron chi connectivity index (χ0n) is 25.3. The molecule has 0 aromatic heterocycles. The number of phenols is 1. The molecule has 6 heterocycles. The van der Waals surface area contributed by atoms with Gasteiger partial charge in [-0.2, -0.15) is 5.26 Å². The number of aromatic hydroxyl groups is 1. The summed E-state index contributed by atoms with van der Waals surface area (Å²) >= 11 is 1.23. The molecule has 3 saturated heterocycles. The average Bonchev–Trinajstić information content (AvgIpc) is 3.56. The Bertz CT molecular complexity index is 1790. The van der Waals surface area contributed by atoms with Gasteiger partial charge in [-0.15, -0.1) is 11.8 Å². The van der Waals surface area contributed by atoms with Crippen molar-refractivity contribution in [3.05, 3.63) is 39.4 Å². The van der Waals surface area contributed by atoms with E-state index in [1.165, 1.54) is 25.8 Å². The summed E-state index contributed by atoms with van der Waals surface area (Å²) in [5, 5.41) is 22.1. The summed E-state index contributed by atoms with van der Waals surface area (Å²) in [6.45, 7) is 6.84. The fraction of sp³-hybridized carbons (Fsp3) is 0.500. The van der Waals surface area contributed by atoms with E-state index >= 15 is 0 Å². The minimum Gasteiger partial charge on any atom is -0.504 e. The molecule has 2 aromatic rings. The lowest BCUT2D eigenvalue weighted by Crippen LogP contribution is -2.75.